The van der Waals surface area contributed by atoms with Crippen LogP contribution in [0.5, 0.6) is 5.88 Å². The quantitative estimate of drug-likeness (QED) is 0.646. The fourth-order valence-corrected chi connectivity index (χ4v) is 2.34. The van der Waals surface area contributed by atoms with Gasteiger partial charge in [0.2, 0.25) is 0 Å². The Hall–Kier alpha value is -3.08. The Labute approximate surface area is 126 Å². The maximum absolute atomic E-state index is 10.7. The normalized spacial score (nSPS) is 11.3. The van der Waals surface area contributed by atoms with Gasteiger partial charge in [-0.25, -0.2) is 0 Å². The Morgan fingerprint density at radius 3 is 2.82 bits per heavy atom. The van der Waals surface area contributed by atoms with Crippen LogP contribution in [0.1, 0.15) is 11.1 Å². The van der Waals surface area contributed by atoms with Crippen molar-refractivity contribution in [3.05, 3.63) is 59.7 Å². The SMILES string of the molecule is O=C(O)Cc1cccc(N=Cc2c(O)[nH]c3ccccc23)c1. The fourth-order valence-electron chi connectivity index (χ4n) is 2.34. The van der Waals surface area contributed by atoms with E-state index in [9.17, 15) is 9.90 Å². The van der Waals surface area contributed by atoms with Crippen molar-refractivity contribution in [2.24, 2.45) is 4.99 Å². The maximum atomic E-state index is 10.7. The molecule has 3 N–H and O–H groups in total. The topological polar surface area (TPSA) is 85.7 Å². The second-order valence-corrected chi connectivity index (χ2v) is 4.93. The van der Waals surface area contributed by atoms with Gasteiger partial charge in [0.05, 0.1) is 17.7 Å². The molecule has 0 atom stereocenters. The Morgan fingerprint density at radius 1 is 1.18 bits per heavy atom. The Morgan fingerprint density at radius 2 is 2.00 bits per heavy atom. The molecule has 0 unspecified atom stereocenters. The summed E-state index contributed by atoms with van der Waals surface area (Å²) in [4.78, 5) is 18.0. The van der Waals surface area contributed by atoms with Crippen LogP contribution in [0.25, 0.3) is 10.9 Å². The Balaban J connectivity index is 1.93. The highest BCUT2D eigenvalue weighted by Gasteiger charge is 2.07. The van der Waals surface area contributed by atoms with Gasteiger partial charge in [0.15, 0.2) is 5.88 Å². The molecule has 22 heavy (non-hydrogen) atoms. The largest absolute Gasteiger partial charge is 0.494 e. The highest BCUT2D eigenvalue weighted by Crippen LogP contribution is 2.26. The summed E-state index contributed by atoms with van der Waals surface area (Å²) in [5.74, 6) is -0.818. The Kier molecular flexibility index (Phi) is 3.62. The van der Waals surface area contributed by atoms with Crippen molar-refractivity contribution >= 4 is 28.8 Å². The lowest BCUT2D eigenvalue weighted by Crippen LogP contribution is -1.99. The van der Waals surface area contributed by atoms with Gasteiger partial charge in [-0.05, 0) is 23.8 Å². The minimum atomic E-state index is -0.879. The van der Waals surface area contributed by atoms with Gasteiger partial charge in [0, 0.05) is 17.1 Å². The summed E-state index contributed by atoms with van der Waals surface area (Å²) in [6.45, 7) is 0. The number of fused-ring (bicyclic) bond motifs is 1. The van der Waals surface area contributed by atoms with Gasteiger partial charge in [0.25, 0.3) is 0 Å². The van der Waals surface area contributed by atoms with Gasteiger partial charge in [-0.3, -0.25) is 9.79 Å². The summed E-state index contributed by atoms with van der Waals surface area (Å²) >= 11 is 0. The highest BCUT2D eigenvalue weighted by molar-refractivity contribution is 6.02. The first-order chi connectivity index (χ1) is 10.6. The third-order valence-corrected chi connectivity index (χ3v) is 3.33. The van der Waals surface area contributed by atoms with Crippen molar-refractivity contribution in [1.82, 2.24) is 4.98 Å². The molecule has 3 rings (SSSR count). The van der Waals surface area contributed by atoms with Gasteiger partial charge < -0.3 is 15.2 Å². The van der Waals surface area contributed by atoms with Gasteiger partial charge in [-0.2, -0.15) is 0 Å². The summed E-state index contributed by atoms with van der Waals surface area (Å²) in [6.07, 6.45) is 1.54. The van der Waals surface area contributed by atoms with Crippen molar-refractivity contribution in [3.63, 3.8) is 0 Å². The number of carboxylic acids is 1. The summed E-state index contributed by atoms with van der Waals surface area (Å²) in [7, 11) is 0. The fraction of sp³-hybridized carbons (Fsp3) is 0.0588. The average Bonchev–Trinajstić information content (AvgIpc) is 2.80. The highest BCUT2D eigenvalue weighted by atomic mass is 16.4. The van der Waals surface area contributed by atoms with E-state index in [-0.39, 0.29) is 12.3 Å². The van der Waals surface area contributed by atoms with E-state index >= 15 is 0 Å². The first-order valence-corrected chi connectivity index (χ1v) is 6.78. The molecule has 0 spiro atoms. The monoisotopic (exact) mass is 294 g/mol. The molecule has 1 aromatic heterocycles. The van der Waals surface area contributed by atoms with E-state index in [4.69, 9.17) is 5.11 Å². The van der Waals surface area contributed by atoms with Crippen molar-refractivity contribution in [1.29, 1.82) is 0 Å². The maximum Gasteiger partial charge on any atom is 0.307 e. The zero-order valence-electron chi connectivity index (χ0n) is 11.7. The van der Waals surface area contributed by atoms with Crippen LogP contribution < -0.4 is 0 Å². The van der Waals surface area contributed by atoms with Crippen molar-refractivity contribution < 1.29 is 15.0 Å². The number of aromatic hydroxyl groups is 1. The molecule has 3 aromatic rings. The molecule has 0 amide bonds. The molecule has 110 valence electrons. The number of carboxylic acid groups (broad SMARTS) is 1. The second kappa shape index (κ2) is 5.73. The molecule has 5 heteroatoms. The third-order valence-electron chi connectivity index (χ3n) is 3.33. The average molecular weight is 294 g/mol. The molecular weight excluding hydrogens is 280 g/mol. The first-order valence-electron chi connectivity index (χ1n) is 6.78. The number of aromatic amines is 1. The number of aliphatic carboxylic acids is 1. The summed E-state index contributed by atoms with van der Waals surface area (Å²) in [6, 6.07) is 14.6. The van der Waals surface area contributed by atoms with Gasteiger partial charge in [0.1, 0.15) is 0 Å². The predicted octanol–water partition coefficient (Wildman–Crippen LogP) is 3.25. The van der Waals surface area contributed by atoms with Crippen LogP contribution in [-0.4, -0.2) is 27.4 Å². The third kappa shape index (κ3) is 2.83. The summed E-state index contributed by atoms with van der Waals surface area (Å²) < 4.78 is 0. The van der Waals surface area contributed by atoms with Gasteiger partial charge in [-0.15, -0.1) is 0 Å². The molecule has 0 aliphatic carbocycles. The molecule has 0 aliphatic rings. The van der Waals surface area contributed by atoms with Crippen molar-refractivity contribution in [3.8, 4) is 5.88 Å². The number of nitrogens with one attached hydrogen (secondary N) is 1. The predicted molar refractivity (Wildman–Crippen MR) is 85.0 cm³/mol. The van der Waals surface area contributed by atoms with E-state index in [2.05, 4.69) is 9.98 Å². The first kappa shape index (κ1) is 13.9. The molecule has 2 aromatic carbocycles. The number of hydrogen-bond acceptors (Lipinski definition) is 3. The van der Waals surface area contributed by atoms with Crippen LogP contribution in [-0.2, 0) is 11.2 Å². The lowest BCUT2D eigenvalue weighted by Gasteiger charge is -1.99. The molecule has 0 saturated carbocycles. The standard InChI is InChI=1S/C17H14N2O3/c20-16(21)9-11-4-3-5-12(8-11)18-10-14-13-6-1-2-7-15(13)19-17(14)22/h1-8,10,19,22H,9H2,(H,20,21). The number of para-hydroxylation sites is 1. The smallest absolute Gasteiger partial charge is 0.307 e. The number of nitrogens with zero attached hydrogens (tertiary/aromatic N) is 1. The number of aromatic nitrogens is 1. The molecule has 0 aliphatic heterocycles. The molecule has 0 radical (unpaired) electrons. The molecule has 0 fully saturated rings. The van der Waals surface area contributed by atoms with Crippen LogP contribution in [0.2, 0.25) is 0 Å². The van der Waals surface area contributed by atoms with Gasteiger partial charge in [-0.1, -0.05) is 30.3 Å². The van der Waals surface area contributed by atoms with Gasteiger partial charge >= 0.3 is 5.97 Å². The summed E-state index contributed by atoms with van der Waals surface area (Å²) in [5.41, 5.74) is 2.77. The van der Waals surface area contributed by atoms with Crippen LogP contribution in [0.3, 0.4) is 0 Å². The number of carbonyl (C=O) groups is 1. The van der Waals surface area contributed by atoms with E-state index in [0.29, 0.717) is 16.8 Å². The lowest BCUT2D eigenvalue weighted by molar-refractivity contribution is -0.136. The van der Waals surface area contributed by atoms with Crippen molar-refractivity contribution in [2.45, 2.75) is 6.42 Å². The van der Waals surface area contributed by atoms with Crippen LogP contribution >= 0.6 is 0 Å². The number of aliphatic imine (C=N–C) groups is 1. The minimum Gasteiger partial charge on any atom is -0.494 e. The molecule has 0 saturated heterocycles. The second-order valence-electron chi connectivity index (χ2n) is 4.93. The zero-order valence-corrected chi connectivity index (χ0v) is 11.7. The van der Waals surface area contributed by atoms with E-state index in [0.717, 1.165) is 10.9 Å². The number of rotatable bonds is 4. The summed E-state index contributed by atoms with van der Waals surface area (Å²) in [5, 5.41) is 19.7. The number of hydrogen-bond donors (Lipinski definition) is 3. The van der Waals surface area contributed by atoms with E-state index in [1.165, 1.54) is 0 Å². The Bertz CT molecular complexity index is 865. The zero-order chi connectivity index (χ0) is 15.5. The molecule has 1 heterocycles. The van der Waals surface area contributed by atoms with E-state index < -0.39 is 5.97 Å². The van der Waals surface area contributed by atoms with Crippen molar-refractivity contribution in [2.75, 3.05) is 0 Å². The van der Waals surface area contributed by atoms with Crippen LogP contribution in [0.15, 0.2) is 53.5 Å². The molecule has 0 bridgehead atoms. The van der Waals surface area contributed by atoms with Crippen LogP contribution in [0.4, 0.5) is 5.69 Å². The minimum absolute atomic E-state index is 0.0400. The lowest BCUT2D eigenvalue weighted by atomic mass is 10.1. The van der Waals surface area contributed by atoms with E-state index in [1.807, 2.05) is 24.3 Å². The molecule has 5 nitrogen and oxygen atoms in total. The number of benzene rings is 2. The molecular formula is C17H14N2O3. The number of H-pyrrole nitrogens is 1. The van der Waals surface area contributed by atoms with Crippen LogP contribution in [0, 0.1) is 0 Å². The van der Waals surface area contributed by atoms with E-state index in [1.54, 1.807) is 30.5 Å².